The maximum atomic E-state index is 10.7. The van der Waals surface area contributed by atoms with Gasteiger partial charge in [-0.2, -0.15) is 0 Å². The molecule has 0 aromatic heterocycles. The highest BCUT2D eigenvalue weighted by Gasteiger charge is 2.46. The monoisotopic (exact) mass is 264 g/mol. The van der Waals surface area contributed by atoms with E-state index >= 15 is 0 Å². The minimum absolute atomic E-state index is 0.286. The number of aromatic hydroxyl groups is 1. The number of phenols is 1. The molecule has 2 unspecified atom stereocenters. The lowest BCUT2D eigenvalue weighted by molar-refractivity contribution is 0.0583. The van der Waals surface area contributed by atoms with E-state index in [0.717, 1.165) is 24.1 Å². The van der Waals surface area contributed by atoms with E-state index < -0.39 is 6.10 Å². The zero-order valence-corrected chi connectivity index (χ0v) is 12.0. The molecule has 0 aliphatic carbocycles. The van der Waals surface area contributed by atoms with E-state index in [9.17, 15) is 10.2 Å². The Morgan fingerprint density at radius 3 is 2.79 bits per heavy atom. The number of likely N-dealkylation sites (N-methyl/N-ethyl adjacent to an activating group) is 1. The molecule has 1 aromatic rings. The first-order chi connectivity index (χ1) is 9.01. The van der Waals surface area contributed by atoms with E-state index in [2.05, 4.69) is 12.2 Å². The third kappa shape index (κ3) is 2.42. The van der Waals surface area contributed by atoms with Crippen LogP contribution in [0.25, 0.3) is 0 Å². The number of rotatable bonds is 5. The van der Waals surface area contributed by atoms with Crippen LogP contribution in [-0.2, 0) is 5.41 Å². The summed E-state index contributed by atoms with van der Waals surface area (Å²) >= 11 is 0. The molecule has 1 heterocycles. The standard InChI is InChI=1S/C15H24N2O2/c1-4-8-15(13(19)9-17(2)3)10-16-11-6-5-7-12(18)14(11)15/h5-7,13,16,18-19H,4,8-10H2,1-3H3. The lowest BCUT2D eigenvalue weighted by Gasteiger charge is -2.36. The summed E-state index contributed by atoms with van der Waals surface area (Å²) in [5, 5.41) is 24.2. The van der Waals surface area contributed by atoms with Crippen molar-refractivity contribution >= 4 is 5.69 Å². The fourth-order valence-corrected chi connectivity index (χ4v) is 3.18. The molecular formula is C15H24N2O2. The number of phenolic OH excluding ortho intramolecular Hbond substituents is 1. The van der Waals surface area contributed by atoms with Crippen molar-refractivity contribution in [3.05, 3.63) is 23.8 Å². The van der Waals surface area contributed by atoms with E-state index in [0.29, 0.717) is 13.1 Å². The van der Waals surface area contributed by atoms with Gasteiger partial charge in [0.25, 0.3) is 0 Å². The molecule has 0 fully saturated rings. The van der Waals surface area contributed by atoms with E-state index in [1.165, 1.54) is 0 Å². The Bertz CT molecular complexity index is 444. The Balaban J connectivity index is 2.43. The van der Waals surface area contributed by atoms with Crippen molar-refractivity contribution in [2.24, 2.45) is 0 Å². The summed E-state index contributed by atoms with van der Waals surface area (Å²) < 4.78 is 0. The van der Waals surface area contributed by atoms with E-state index in [1.54, 1.807) is 6.07 Å². The van der Waals surface area contributed by atoms with Crippen LogP contribution in [0.15, 0.2) is 18.2 Å². The average molecular weight is 264 g/mol. The number of benzene rings is 1. The minimum atomic E-state index is -0.496. The molecule has 19 heavy (non-hydrogen) atoms. The zero-order chi connectivity index (χ0) is 14.0. The number of fused-ring (bicyclic) bond motifs is 1. The number of nitrogens with one attached hydrogen (secondary N) is 1. The van der Waals surface area contributed by atoms with Crippen molar-refractivity contribution in [2.75, 3.05) is 32.5 Å². The van der Waals surface area contributed by atoms with Crippen LogP contribution in [0.2, 0.25) is 0 Å². The molecule has 4 nitrogen and oxygen atoms in total. The summed E-state index contributed by atoms with van der Waals surface area (Å²) in [4.78, 5) is 1.99. The van der Waals surface area contributed by atoms with Crippen molar-refractivity contribution in [1.82, 2.24) is 4.90 Å². The molecule has 0 bridgehead atoms. The third-order valence-corrected chi connectivity index (χ3v) is 4.01. The lowest BCUT2D eigenvalue weighted by Crippen LogP contribution is -2.46. The molecule has 0 amide bonds. The molecule has 2 atom stereocenters. The molecular weight excluding hydrogens is 240 g/mol. The highest BCUT2D eigenvalue weighted by Crippen LogP contribution is 2.47. The summed E-state index contributed by atoms with van der Waals surface area (Å²) in [6, 6.07) is 5.51. The molecule has 4 heteroatoms. The Morgan fingerprint density at radius 2 is 2.16 bits per heavy atom. The molecule has 3 N–H and O–H groups in total. The van der Waals surface area contributed by atoms with Crippen LogP contribution in [0.4, 0.5) is 5.69 Å². The van der Waals surface area contributed by atoms with Gasteiger partial charge in [-0.1, -0.05) is 19.4 Å². The smallest absolute Gasteiger partial charge is 0.121 e. The average Bonchev–Trinajstić information content (AvgIpc) is 2.71. The molecule has 1 aromatic carbocycles. The van der Waals surface area contributed by atoms with Gasteiger partial charge in [0.2, 0.25) is 0 Å². The maximum absolute atomic E-state index is 10.7. The van der Waals surface area contributed by atoms with Gasteiger partial charge in [0.05, 0.1) is 6.10 Å². The summed E-state index contributed by atoms with van der Waals surface area (Å²) in [6.07, 6.45) is 1.34. The number of anilines is 1. The van der Waals surface area contributed by atoms with Gasteiger partial charge >= 0.3 is 0 Å². The van der Waals surface area contributed by atoms with Gasteiger partial charge in [-0.05, 0) is 32.6 Å². The van der Waals surface area contributed by atoms with Gasteiger partial charge in [0.1, 0.15) is 5.75 Å². The predicted molar refractivity (Wildman–Crippen MR) is 77.7 cm³/mol. The van der Waals surface area contributed by atoms with Crippen molar-refractivity contribution in [2.45, 2.75) is 31.3 Å². The maximum Gasteiger partial charge on any atom is 0.121 e. The fraction of sp³-hybridized carbons (Fsp3) is 0.600. The van der Waals surface area contributed by atoms with Crippen LogP contribution in [0.5, 0.6) is 5.75 Å². The third-order valence-electron chi connectivity index (χ3n) is 4.01. The van der Waals surface area contributed by atoms with Crippen molar-refractivity contribution < 1.29 is 10.2 Å². The van der Waals surface area contributed by atoms with Crippen molar-refractivity contribution in [3.8, 4) is 5.75 Å². The summed E-state index contributed by atoms with van der Waals surface area (Å²) in [5.74, 6) is 0.286. The van der Waals surface area contributed by atoms with Crippen molar-refractivity contribution in [1.29, 1.82) is 0 Å². The van der Waals surface area contributed by atoms with Crippen LogP contribution in [0.1, 0.15) is 25.3 Å². The van der Waals surface area contributed by atoms with Gasteiger partial charge in [0, 0.05) is 29.8 Å². The largest absolute Gasteiger partial charge is 0.508 e. The van der Waals surface area contributed by atoms with Crippen LogP contribution in [0.3, 0.4) is 0 Å². The summed E-state index contributed by atoms with van der Waals surface area (Å²) in [7, 11) is 3.91. The molecule has 0 saturated carbocycles. The minimum Gasteiger partial charge on any atom is -0.508 e. The normalized spacial score (nSPS) is 23.2. The van der Waals surface area contributed by atoms with Gasteiger partial charge in [-0.25, -0.2) is 0 Å². The first kappa shape index (κ1) is 14.2. The number of aliphatic hydroxyl groups excluding tert-OH is 1. The Morgan fingerprint density at radius 1 is 1.42 bits per heavy atom. The summed E-state index contributed by atoms with van der Waals surface area (Å²) in [6.45, 7) is 3.39. The number of nitrogens with zero attached hydrogens (tertiary/aromatic N) is 1. The van der Waals surface area contributed by atoms with Gasteiger partial charge < -0.3 is 20.4 Å². The topological polar surface area (TPSA) is 55.7 Å². The SMILES string of the molecule is CCCC1(C(O)CN(C)C)CNc2cccc(O)c21. The second-order valence-corrected chi connectivity index (χ2v) is 5.74. The second kappa shape index (κ2) is 5.39. The fourth-order valence-electron chi connectivity index (χ4n) is 3.18. The van der Waals surface area contributed by atoms with Crippen LogP contribution in [0, 0.1) is 0 Å². The first-order valence-corrected chi connectivity index (χ1v) is 6.90. The Hall–Kier alpha value is -1.26. The molecule has 1 aliphatic heterocycles. The molecule has 0 radical (unpaired) electrons. The molecule has 2 rings (SSSR count). The quantitative estimate of drug-likeness (QED) is 0.759. The van der Waals surface area contributed by atoms with E-state index in [4.69, 9.17) is 0 Å². The highest BCUT2D eigenvalue weighted by molar-refractivity contribution is 5.66. The Kier molecular flexibility index (Phi) is 4.02. The van der Waals surface area contributed by atoms with Gasteiger partial charge in [-0.3, -0.25) is 0 Å². The van der Waals surface area contributed by atoms with E-state index in [1.807, 2.05) is 31.1 Å². The lowest BCUT2D eigenvalue weighted by atomic mass is 9.73. The second-order valence-electron chi connectivity index (χ2n) is 5.74. The molecule has 0 saturated heterocycles. The summed E-state index contributed by atoms with van der Waals surface area (Å²) in [5.41, 5.74) is 1.44. The van der Waals surface area contributed by atoms with Gasteiger partial charge in [0.15, 0.2) is 0 Å². The number of hydrogen-bond acceptors (Lipinski definition) is 4. The van der Waals surface area contributed by atoms with Gasteiger partial charge in [-0.15, -0.1) is 0 Å². The van der Waals surface area contributed by atoms with Crippen LogP contribution >= 0.6 is 0 Å². The molecule has 1 aliphatic rings. The molecule has 106 valence electrons. The van der Waals surface area contributed by atoms with E-state index in [-0.39, 0.29) is 11.2 Å². The van der Waals surface area contributed by atoms with Crippen LogP contribution < -0.4 is 5.32 Å². The number of aliphatic hydroxyl groups is 1. The first-order valence-electron chi connectivity index (χ1n) is 6.90. The highest BCUT2D eigenvalue weighted by atomic mass is 16.3. The van der Waals surface area contributed by atoms with Crippen LogP contribution in [-0.4, -0.2) is 48.4 Å². The molecule has 0 spiro atoms. The number of hydrogen-bond donors (Lipinski definition) is 3. The Labute approximate surface area is 115 Å². The van der Waals surface area contributed by atoms with Crippen molar-refractivity contribution in [3.63, 3.8) is 0 Å². The zero-order valence-electron chi connectivity index (χ0n) is 12.0. The predicted octanol–water partition coefficient (Wildman–Crippen LogP) is 1.78.